The van der Waals surface area contributed by atoms with Gasteiger partial charge in [-0.1, -0.05) is 301 Å². The molecule has 1 saturated heterocycles. The van der Waals surface area contributed by atoms with Gasteiger partial charge >= 0.3 is 23.9 Å². The van der Waals surface area contributed by atoms with Crippen molar-refractivity contribution in [3.63, 3.8) is 0 Å². The first kappa shape index (κ1) is 77.7. The predicted octanol–water partition coefficient (Wildman–Crippen LogP) is 18.9. The lowest BCUT2D eigenvalue weighted by Crippen LogP contribution is -2.61. The minimum Gasteiger partial charge on any atom is -0.479 e. The Balaban J connectivity index is 2.62. The Morgan fingerprint density at radius 1 is 0.410 bits per heavy atom. The molecule has 1 aliphatic rings. The molecule has 0 aromatic carbocycles. The van der Waals surface area contributed by atoms with Crippen LogP contribution in [0.25, 0.3) is 0 Å². The quantitative estimate of drug-likeness (QED) is 0.0228. The maximum absolute atomic E-state index is 13.2. The van der Waals surface area contributed by atoms with Crippen molar-refractivity contribution in [3.05, 3.63) is 48.6 Å². The van der Waals surface area contributed by atoms with Crippen LogP contribution >= 0.6 is 0 Å². The number of carbonyl (C=O) groups is 4. The molecule has 3 N–H and O–H groups in total. The molecule has 12 heteroatoms. The predicted molar refractivity (Wildman–Crippen MR) is 340 cm³/mol. The van der Waals surface area contributed by atoms with E-state index in [1.807, 2.05) is 0 Å². The van der Waals surface area contributed by atoms with Gasteiger partial charge in [0.25, 0.3) is 0 Å². The zero-order valence-corrected chi connectivity index (χ0v) is 53.5. The van der Waals surface area contributed by atoms with Gasteiger partial charge in [0.2, 0.25) is 0 Å². The number of unbranched alkanes of at least 4 members (excludes halogenated alkanes) is 38. The highest BCUT2D eigenvalue weighted by molar-refractivity contribution is 5.74. The molecule has 0 bridgehead atoms. The van der Waals surface area contributed by atoms with Crippen molar-refractivity contribution in [1.82, 2.24) is 0 Å². The number of esters is 3. The number of carbonyl (C=O) groups excluding carboxylic acids is 3. The van der Waals surface area contributed by atoms with Gasteiger partial charge < -0.3 is 39.0 Å². The van der Waals surface area contributed by atoms with Gasteiger partial charge in [-0.25, -0.2) is 4.79 Å². The van der Waals surface area contributed by atoms with E-state index in [1.54, 1.807) is 0 Å². The largest absolute Gasteiger partial charge is 0.479 e. The first-order valence-corrected chi connectivity index (χ1v) is 34.6. The average Bonchev–Trinajstić information content (AvgIpc) is 3.60. The smallest absolute Gasteiger partial charge is 0.335 e. The summed E-state index contributed by atoms with van der Waals surface area (Å²) in [6.07, 6.45) is 60.8. The van der Waals surface area contributed by atoms with Gasteiger partial charge in [0.05, 0.1) is 6.61 Å². The summed E-state index contributed by atoms with van der Waals surface area (Å²) in [4.78, 5) is 51.4. The number of aliphatic carboxylic acids is 1. The van der Waals surface area contributed by atoms with E-state index in [0.29, 0.717) is 19.3 Å². The van der Waals surface area contributed by atoms with Crippen molar-refractivity contribution >= 4 is 23.9 Å². The molecule has 6 unspecified atom stereocenters. The summed E-state index contributed by atoms with van der Waals surface area (Å²) in [6.45, 7) is 5.91. The average molecular weight is 1170 g/mol. The highest BCUT2D eigenvalue weighted by Crippen LogP contribution is 2.27. The second kappa shape index (κ2) is 59.0. The van der Waals surface area contributed by atoms with Crippen LogP contribution in [-0.2, 0) is 42.9 Å². The van der Waals surface area contributed by atoms with Gasteiger partial charge in [-0.05, 0) is 57.8 Å². The van der Waals surface area contributed by atoms with E-state index in [9.17, 15) is 34.5 Å². The number of aliphatic hydroxyl groups is 2. The van der Waals surface area contributed by atoms with Crippen molar-refractivity contribution in [1.29, 1.82) is 0 Å². The number of ether oxygens (including phenoxy) is 5. The molecular weight excluding hydrogens is 1040 g/mol. The number of aliphatic hydroxyl groups excluding tert-OH is 2. The highest BCUT2D eigenvalue weighted by atomic mass is 16.7. The Kier molecular flexibility index (Phi) is 55.3. The van der Waals surface area contributed by atoms with Crippen LogP contribution in [0.15, 0.2) is 48.6 Å². The summed E-state index contributed by atoms with van der Waals surface area (Å²) >= 11 is 0. The monoisotopic (exact) mass is 1170 g/mol. The van der Waals surface area contributed by atoms with Gasteiger partial charge in [0.1, 0.15) is 18.8 Å². The normalized spacial score (nSPS) is 17.8. The van der Waals surface area contributed by atoms with Gasteiger partial charge in [-0.2, -0.15) is 0 Å². The van der Waals surface area contributed by atoms with E-state index >= 15 is 0 Å². The lowest BCUT2D eigenvalue weighted by Gasteiger charge is -2.40. The Morgan fingerprint density at radius 3 is 1.16 bits per heavy atom. The standard InChI is InChI=1S/C71H126O12/c1-4-7-10-13-16-19-22-25-28-30-32-34-37-39-42-45-48-51-54-57-63(72)79-60-62(81-64(73)58-55-52-49-46-43-40-36-27-24-21-18-15-12-9-6-3)61-80-71-69(67(76)66(75)68(83-71)70(77)78)82-65(74)59-56-53-50-47-44-41-38-35-33-31-29-26-23-20-17-14-11-8-5-2/h9,12,18,21,27,36,43,46,62,66-69,71,75-76H,4-8,10-11,13-17,19-20,22-26,28-35,37-42,44-45,47-61H2,1-3H3,(H,77,78)/b12-9-,21-18-,36-27-,46-43-. The van der Waals surface area contributed by atoms with E-state index in [1.165, 1.54) is 186 Å². The summed E-state index contributed by atoms with van der Waals surface area (Å²) in [5.41, 5.74) is 0. The Bertz CT molecular complexity index is 1630. The van der Waals surface area contributed by atoms with Crippen molar-refractivity contribution in [2.75, 3.05) is 13.2 Å². The van der Waals surface area contributed by atoms with Gasteiger partial charge in [0, 0.05) is 19.3 Å². The molecule has 482 valence electrons. The molecule has 0 aromatic heterocycles. The molecule has 0 aromatic rings. The third kappa shape index (κ3) is 48.5. The second-order valence-corrected chi connectivity index (χ2v) is 23.8. The molecule has 83 heavy (non-hydrogen) atoms. The van der Waals surface area contributed by atoms with Crippen LogP contribution in [0.2, 0.25) is 0 Å². The first-order chi connectivity index (χ1) is 40.6. The van der Waals surface area contributed by atoms with Crippen molar-refractivity contribution in [2.45, 2.75) is 366 Å². The molecule has 0 aliphatic carbocycles. The van der Waals surface area contributed by atoms with E-state index in [-0.39, 0.29) is 25.9 Å². The number of carboxylic acid groups (broad SMARTS) is 1. The van der Waals surface area contributed by atoms with Crippen molar-refractivity contribution in [2.24, 2.45) is 0 Å². The number of carboxylic acids is 1. The number of hydrogen-bond donors (Lipinski definition) is 3. The summed E-state index contributed by atoms with van der Waals surface area (Å²) in [5, 5.41) is 31.6. The SMILES string of the molecule is CC/C=C\C/C=C\C/C=C\C/C=C\CCCCC(=O)OC(COC(=O)CCCCCCCCCCCCCCCCCCCCC)COC1OC(C(=O)O)C(O)C(O)C1OC(=O)CCCCCCCCCCCCCCCCCCCCC. The summed E-state index contributed by atoms with van der Waals surface area (Å²) < 4.78 is 28.6. The first-order valence-electron chi connectivity index (χ1n) is 34.6. The van der Waals surface area contributed by atoms with Crippen LogP contribution in [-0.4, -0.2) is 89.2 Å². The summed E-state index contributed by atoms with van der Waals surface area (Å²) in [6, 6.07) is 0. The summed E-state index contributed by atoms with van der Waals surface area (Å²) in [7, 11) is 0. The molecular formula is C71H126O12. The molecule has 1 fully saturated rings. The van der Waals surface area contributed by atoms with E-state index in [2.05, 4.69) is 69.4 Å². The molecule has 0 saturated carbocycles. The molecule has 1 aliphatic heterocycles. The third-order valence-corrected chi connectivity index (χ3v) is 15.9. The maximum atomic E-state index is 13.2. The third-order valence-electron chi connectivity index (χ3n) is 15.9. The number of rotatable bonds is 60. The molecule has 1 heterocycles. The summed E-state index contributed by atoms with van der Waals surface area (Å²) in [5.74, 6) is -3.14. The molecule has 0 radical (unpaired) electrons. The Hall–Kier alpha value is -3.32. The van der Waals surface area contributed by atoms with E-state index in [0.717, 1.165) is 83.5 Å². The van der Waals surface area contributed by atoms with Crippen molar-refractivity contribution in [3.8, 4) is 0 Å². The second-order valence-electron chi connectivity index (χ2n) is 23.8. The molecule has 12 nitrogen and oxygen atoms in total. The van der Waals surface area contributed by atoms with Gasteiger partial charge in [-0.15, -0.1) is 0 Å². The molecule has 0 spiro atoms. The maximum Gasteiger partial charge on any atom is 0.335 e. The van der Waals surface area contributed by atoms with Gasteiger partial charge in [-0.3, -0.25) is 14.4 Å². The minimum atomic E-state index is -1.91. The van der Waals surface area contributed by atoms with Crippen LogP contribution in [0.3, 0.4) is 0 Å². The fraction of sp³-hybridized carbons (Fsp3) is 0.831. The van der Waals surface area contributed by atoms with Crippen LogP contribution in [0.5, 0.6) is 0 Å². The van der Waals surface area contributed by atoms with E-state index < -0.39 is 67.3 Å². The number of allylic oxidation sites excluding steroid dienone is 8. The van der Waals surface area contributed by atoms with Crippen LogP contribution in [0, 0.1) is 0 Å². The lowest BCUT2D eigenvalue weighted by atomic mass is 9.98. The minimum absolute atomic E-state index is 0.0607. The van der Waals surface area contributed by atoms with Crippen LogP contribution in [0.1, 0.15) is 329 Å². The number of hydrogen-bond acceptors (Lipinski definition) is 11. The van der Waals surface area contributed by atoms with Gasteiger partial charge in [0.15, 0.2) is 24.6 Å². The topological polar surface area (TPSA) is 175 Å². The Morgan fingerprint density at radius 2 is 0.759 bits per heavy atom. The van der Waals surface area contributed by atoms with E-state index in [4.69, 9.17) is 23.7 Å². The zero-order chi connectivity index (χ0) is 60.3. The highest BCUT2D eigenvalue weighted by Gasteiger charge is 2.50. The zero-order valence-electron chi connectivity index (χ0n) is 53.5. The lowest BCUT2D eigenvalue weighted by molar-refractivity contribution is -0.301. The molecule has 1 rings (SSSR count). The fourth-order valence-electron chi connectivity index (χ4n) is 10.7. The van der Waals surface area contributed by atoms with Crippen LogP contribution in [0.4, 0.5) is 0 Å². The Labute approximate surface area is 507 Å². The van der Waals surface area contributed by atoms with Crippen molar-refractivity contribution < 1.29 is 58.2 Å². The molecule has 0 amide bonds. The van der Waals surface area contributed by atoms with Crippen LogP contribution < -0.4 is 0 Å². The fourth-order valence-corrected chi connectivity index (χ4v) is 10.7. The molecule has 6 atom stereocenters.